The zero-order valence-electron chi connectivity index (χ0n) is 15.3. The maximum atomic E-state index is 12.3. The van der Waals surface area contributed by atoms with Gasteiger partial charge in [-0.2, -0.15) is 0 Å². The molecule has 4 rings (SSSR count). The Hall–Kier alpha value is -2.81. The number of ether oxygens (including phenoxy) is 1. The van der Waals surface area contributed by atoms with E-state index in [-0.39, 0.29) is 5.75 Å². The molecule has 0 aliphatic rings. The summed E-state index contributed by atoms with van der Waals surface area (Å²) in [6.45, 7) is -0.838. The van der Waals surface area contributed by atoms with Crippen molar-refractivity contribution < 1.29 is 35.1 Å². The van der Waals surface area contributed by atoms with Crippen LogP contribution in [0.1, 0.15) is 0 Å². The first-order chi connectivity index (χ1) is 13.9. The van der Waals surface area contributed by atoms with Gasteiger partial charge in [0.25, 0.3) is 0 Å². The second-order valence-electron chi connectivity index (χ2n) is 7.02. The molecule has 29 heavy (non-hydrogen) atoms. The summed E-state index contributed by atoms with van der Waals surface area (Å²) in [6.07, 6.45) is -7.75. The number of aliphatic hydroxyl groups excluding tert-OH is 5. The summed E-state index contributed by atoms with van der Waals surface area (Å²) in [5.74, 6) is -0.985. The van der Waals surface area contributed by atoms with Crippen molar-refractivity contribution in [2.24, 2.45) is 0 Å². The van der Waals surface area contributed by atoms with Crippen molar-refractivity contribution >= 4 is 38.3 Å². The van der Waals surface area contributed by atoms with Gasteiger partial charge in [0.15, 0.2) is 6.10 Å². The highest BCUT2D eigenvalue weighted by atomic mass is 16.6. The highest BCUT2D eigenvalue weighted by Gasteiger charge is 2.35. The molecule has 4 aromatic carbocycles. The van der Waals surface area contributed by atoms with E-state index in [1.54, 1.807) is 12.1 Å². The van der Waals surface area contributed by atoms with Crippen LogP contribution in [0.3, 0.4) is 0 Å². The van der Waals surface area contributed by atoms with Crippen molar-refractivity contribution in [1.29, 1.82) is 0 Å². The molecule has 0 spiro atoms. The summed E-state index contributed by atoms with van der Waals surface area (Å²) >= 11 is 0. The summed E-state index contributed by atoms with van der Waals surface area (Å²) in [5, 5.41) is 53.5. The fourth-order valence-corrected chi connectivity index (χ4v) is 3.63. The average molecular weight is 396 g/mol. The minimum atomic E-state index is -2.11. The largest absolute Gasteiger partial charge is 0.424 e. The molecule has 7 heteroatoms. The smallest absolute Gasteiger partial charge is 0.343 e. The minimum absolute atomic E-state index is 0.198. The predicted octanol–water partition coefficient (Wildman–Crippen LogP) is 0.925. The van der Waals surface area contributed by atoms with Gasteiger partial charge in [-0.15, -0.1) is 0 Å². The third-order valence-corrected chi connectivity index (χ3v) is 5.20. The topological polar surface area (TPSA) is 127 Å². The maximum Gasteiger partial charge on any atom is 0.343 e. The molecule has 0 radical (unpaired) electrons. The van der Waals surface area contributed by atoms with Crippen LogP contribution in [-0.4, -0.2) is 62.5 Å². The molecule has 0 saturated carbocycles. The number of aliphatic hydroxyl groups is 5. The number of esters is 1. The Kier molecular flexibility index (Phi) is 5.08. The van der Waals surface area contributed by atoms with E-state index < -0.39 is 37.0 Å². The molecule has 0 aliphatic carbocycles. The van der Waals surface area contributed by atoms with Crippen LogP contribution in [0.15, 0.2) is 54.6 Å². The fraction of sp³-hybridized carbons (Fsp3) is 0.227. The Balaban J connectivity index is 1.70. The lowest BCUT2D eigenvalue weighted by atomic mass is 9.94. The molecule has 150 valence electrons. The summed E-state index contributed by atoms with van der Waals surface area (Å²) in [6, 6.07) is 17.1. The molecule has 0 aliphatic heterocycles. The lowest BCUT2D eigenvalue weighted by Gasteiger charge is -2.24. The fourth-order valence-electron chi connectivity index (χ4n) is 3.63. The molecule has 4 unspecified atom stereocenters. The van der Waals surface area contributed by atoms with Crippen LogP contribution in [0.4, 0.5) is 0 Å². The van der Waals surface area contributed by atoms with Gasteiger partial charge in [-0.1, -0.05) is 42.5 Å². The number of hydrogen-bond acceptors (Lipinski definition) is 7. The zero-order chi connectivity index (χ0) is 20.7. The third kappa shape index (κ3) is 3.29. The first kappa shape index (κ1) is 19.5. The average Bonchev–Trinajstić information content (AvgIpc) is 2.76. The van der Waals surface area contributed by atoms with E-state index in [0.29, 0.717) is 5.39 Å². The minimum Gasteiger partial charge on any atom is -0.424 e. The highest BCUT2D eigenvalue weighted by molar-refractivity contribution is 6.24. The summed E-state index contributed by atoms with van der Waals surface area (Å²) in [5.41, 5.74) is 0. The lowest BCUT2D eigenvalue weighted by Crippen LogP contribution is -2.49. The van der Waals surface area contributed by atoms with Gasteiger partial charge in [-0.3, -0.25) is 0 Å². The summed E-state index contributed by atoms with van der Waals surface area (Å²) in [4.78, 5) is 12.3. The van der Waals surface area contributed by atoms with Crippen molar-refractivity contribution in [2.75, 3.05) is 6.61 Å². The molecule has 0 saturated heterocycles. The van der Waals surface area contributed by atoms with E-state index >= 15 is 0 Å². The Labute approximate surface area is 165 Å². The van der Waals surface area contributed by atoms with Crippen LogP contribution in [-0.2, 0) is 4.79 Å². The molecule has 4 atom stereocenters. The highest BCUT2D eigenvalue weighted by Crippen LogP contribution is 2.38. The molecule has 7 nitrogen and oxygen atoms in total. The van der Waals surface area contributed by atoms with E-state index in [1.807, 2.05) is 42.5 Å². The van der Waals surface area contributed by atoms with Crippen LogP contribution >= 0.6 is 0 Å². The van der Waals surface area contributed by atoms with Gasteiger partial charge in [-0.05, 0) is 33.7 Å². The maximum absolute atomic E-state index is 12.3. The Bertz CT molecular complexity index is 1160. The van der Waals surface area contributed by atoms with E-state index in [2.05, 4.69) is 0 Å². The van der Waals surface area contributed by atoms with Crippen LogP contribution < -0.4 is 4.74 Å². The van der Waals surface area contributed by atoms with Crippen molar-refractivity contribution in [3.63, 3.8) is 0 Å². The Morgan fingerprint density at radius 1 is 0.793 bits per heavy atom. The first-order valence-electron chi connectivity index (χ1n) is 9.13. The molecule has 4 aromatic rings. The quantitative estimate of drug-likeness (QED) is 0.186. The number of hydrogen-bond donors (Lipinski definition) is 5. The van der Waals surface area contributed by atoms with Gasteiger partial charge in [0, 0.05) is 10.8 Å². The van der Waals surface area contributed by atoms with Crippen LogP contribution in [0, 0.1) is 0 Å². The predicted molar refractivity (Wildman–Crippen MR) is 107 cm³/mol. The molecular weight excluding hydrogens is 376 g/mol. The molecule has 0 bridgehead atoms. The van der Waals surface area contributed by atoms with Crippen molar-refractivity contribution in [3.05, 3.63) is 54.6 Å². The molecule has 0 heterocycles. The second-order valence-corrected chi connectivity index (χ2v) is 7.02. The van der Waals surface area contributed by atoms with E-state index in [4.69, 9.17) is 9.84 Å². The summed E-state index contributed by atoms with van der Waals surface area (Å²) < 4.78 is 5.31. The van der Waals surface area contributed by atoms with Crippen molar-refractivity contribution in [3.8, 4) is 5.75 Å². The standard InChI is InChI=1S/C22H20O7/c23-10-15(24)19(25)20(26)21(27)22(28)29-16-9-7-13-5-4-11-2-1-3-12-6-8-14(16)18(13)17(11)12/h1-9,15,19-21,23-27H,10H2. The Morgan fingerprint density at radius 2 is 1.38 bits per heavy atom. The molecule has 0 fully saturated rings. The number of benzene rings is 4. The third-order valence-electron chi connectivity index (χ3n) is 5.20. The van der Waals surface area contributed by atoms with Gasteiger partial charge < -0.3 is 30.3 Å². The van der Waals surface area contributed by atoms with E-state index in [9.17, 15) is 25.2 Å². The SMILES string of the molecule is O=C(Oc1ccc2ccc3cccc4ccc1c2c34)C(O)C(O)C(O)C(O)CO. The molecule has 5 N–H and O–H groups in total. The van der Waals surface area contributed by atoms with Crippen LogP contribution in [0.5, 0.6) is 5.75 Å². The molecule has 0 aromatic heterocycles. The van der Waals surface area contributed by atoms with Gasteiger partial charge in [0.1, 0.15) is 24.1 Å². The number of rotatable bonds is 6. The lowest BCUT2D eigenvalue weighted by molar-refractivity contribution is -0.161. The van der Waals surface area contributed by atoms with Crippen molar-refractivity contribution in [1.82, 2.24) is 0 Å². The monoisotopic (exact) mass is 396 g/mol. The van der Waals surface area contributed by atoms with E-state index in [0.717, 1.165) is 26.9 Å². The molecule has 0 amide bonds. The van der Waals surface area contributed by atoms with E-state index in [1.165, 1.54) is 0 Å². The first-order valence-corrected chi connectivity index (χ1v) is 9.13. The van der Waals surface area contributed by atoms with Crippen LogP contribution in [0.25, 0.3) is 32.3 Å². The zero-order valence-corrected chi connectivity index (χ0v) is 15.3. The number of carbonyl (C=O) groups is 1. The van der Waals surface area contributed by atoms with Gasteiger partial charge in [0.05, 0.1) is 6.61 Å². The van der Waals surface area contributed by atoms with Crippen LogP contribution in [0.2, 0.25) is 0 Å². The molecular formula is C22H20O7. The van der Waals surface area contributed by atoms with Gasteiger partial charge >= 0.3 is 5.97 Å². The number of carbonyl (C=O) groups excluding carboxylic acids is 1. The van der Waals surface area contributed by atoms with Gasteiger partial charge in [-0.25, -0.2) is 4.79 Å². The second kappa shape index (κ2) is 7.55. The normalized spacial score (nSPS) is 16.2. The summed E-state index contributed by atoms with van der Waals surface area (Å²) in [7, 11) is 0. The Morgan fingerprint density at radius 3 is 2.03 bits per heavy atom. The van der Waals surface area contributed by atoms with Gasteiger partial charge in [0.2, 0.25) is 0 Å². The van der Waals surface area contributed by atoms with Crippen molar-refractivity contribution in [2.45, 2.75) is 24.4 Å².